The van der Waals surface area contributed by atoms with E-state index < -0.39 is 29.6 Å². The molecule has 4 nitrogen and oxygen atoms in total. The van der Waals surface area contributed by atoms with Gasteiger partial charge in [-0.2, -0.15) is 13.2 Å². The van der Waals surface area contributed by atoms with Gasteiger partial charge in [-0.15, -0.1) is 0 Å². The number of carbonyl (C=O) groups excluding carboxylic acids is 2. The molecule has 0 radical (unpaired) electrons. The van der Waals surface area contributed by atoms with E-state index in [0.29, 0.717) is 0 Å². The van der Waals surface area contributed by atoms with Crippen molar-refractivity contribution in [3.63, 3.8) is 0 Å². The van der Waals surface area contributed by atoms with Crippen molar-refractivity contribution in [3.05, 3.63) is 29.3 Å². The number of anilines is 1. The van der Waals surface area contributed by atoms with Crippen LogP contribution in [0.15, 0.2) is 18.2 Å². The number of fused-ring (bicyclic) bond motifs is 1. The van der Waals surface area contributed by atoms with E-state index in [2.05, 4.69) is 5.32 Å². The van der Waals surface area contributed by atoms with Gasteiger partial charge in [0.1, 0.15) is 6.04 Å². The number of hydrogen-bond donors (Lipinski definition) is 1. The highest BCUT2D eigenvalue weighted by atomic mass is 19.4. The second-order valence-corrected chi connectivity index (χ2v) is 4.27. The van der Waals surface area contributed by atoms with E-state index in [9.17, 15) is 22.8 Å². The predicted molar refractivity (Wildman–Crippen MR) is 61.4 cm³/mol. The summed E-state index contributed by atoms with van der Waals surface area (Å²) in [6, 6.07) is 2.49. The Morgan fingerprint density at radius 3 is 2.53 bits per heavy atom. The molecule has 1 aliphatic heterocycles. The first-order chi connectivity index (χ1) is 8.73. The molecule has 1 heterocycles. The largest absolute Gasteiger partial charge is 0.418 e. The molecule has 1 atom stereocenters. The van der Waals surface area contributed by atoms with Gasteiger partial charge in [0.15, 0.2) is 0 Å². The third-order valence-corrected chi connectivity index (χ3v) is 2.94. The highest BCUT2D eigenvalue weighted by Gasteiger charge is 2.43. The number of rotatable bonds is 1. The Balaban J connectivity index is 2.58. The van der Waals surface area contributed by atoms with E-state index in [1.54, 1.807) is 0 Å². The molecule has 0 bridgehead atoms. The first-order valence-corrected chi connectivity index (χ1v) is 5.48. The third-order valence-electron chi connectivity index (χ3n) is 2.94. The molecule has 0 spiro atoms. The number of para-hydroxylation sites is 1. The quantitative estimate of drug-likeness (QED) is 0.848. The first-order valence-electron chi connectivity index (χ1n) is 5.48. The SMILES string of the molecule is CC(=O)N[C@@H]1C(=O)N(C)c2c1cccc2C(F)(F)F. The monoisotopic (exact) mass is 272 g/mol. The Morgan fingerprint density at radius 2 is 2.00 bits per heavy atom. The summed E-state index contributed by atoms with van der Waals surface area (Å²) in [7, 11) is 1.26. The van der Waals surface area contributed by atoms with Gasteiger partial charge in [-0.25, -0.2) is 0 Å². The standard InChI is InChI=1S/C12H11F3N2O2/c1-6(18)16-9-7-4-3-5-8(12(13,14)15)10(7)17(2)11(9)19/h3-5,9H,1-2H3,(H,16,18)/t9-/m0/s1. The molecule has 1 aromatic rings. The number of hydrogen-bond acceptors (Lipinski definition) is 2. The second-order valence-electron chi connectivity index (χ2n) is 4.27. The Hall–Kier alpha value is -2.05. The number of amides is 2. The molecule has 0 unspecified atom stereocenters. The zero-order valence-corrected chi connectivity index (χ0v) is 10.2. The van der Waals surface area contributed by atoms with E-state index in [-0.39, 0.29) is 11.3 Å². The lowest BCUT2D eigenvalue weighted by Gasteiger charge is -2.16. The lowest BCUT2D eigenvalue weighted by molar-refractivity contribution is -0.137. The van der Waals surface area contributed by atoms with Crippen molar-refractivity contribution in [3.8, 4) is 0 Å². The lowest BCUT2D eigenvalue weighted by Crippen LogP contribution is -2.34. The Bertz CT molecular complexity index is 554. The summed E-state index contributed by atoms with van der Waals surface area (Å²) in [5.74, 6) is -1.06. The minimum Gasteiger partial charge on any atom is -0.341 e. The van der Waals surface area contributed by atoms with Crippen LogP contribution >= 0.6 is 0 Å². The smallest absolute Gasteiger partial charge is 0.341 e. The van der Waals surface area contributed by atoms with E-state index in [0.717, 1.165) is 11.0 Å². The molecule has 0 aromatic heterocycles. The highest BCUT2D eigenvalue weighted by Crippen LogP contribution is 2.44. The number of nitrogens with zero attached hydrogens (tertiary/aromatic N) is 1. The maximum Gasteiger partial charge on any atom is 0.418 e. The minimum atomic E-state index is -4.55. The fourth-order valence-corrected chi connectivity index (χ4v) is 2.18. The number of alkyl halides is 3. The number of likely N-dealkylation sites (N-methyl/N-ethyl adjacent to an activating group) is 1. The van der Waals surface area contributed by atoms with Crippen LogP contribution in [0.4, 0.5) is 18.9 Å². The van der Waals surface area contributed by atoms with Gasteiger partial charge >= 0.3 is 6.18 Å². The molecule has 2 rings (SSSR count). The maximum absolute atomic E-state index is 12.9. The molecule has 0 saturated heterocycles. The Kier molecular flexibility index (Phi) is 3.00. The van der Waals surface area contributed by atoms with Gasteiger partial charge in [-0.3, -0.25) is 9.59 Å². The molecule has 19 heavy (non-hydrogen) atoms. The van der Waals surface area contributed by atoms with Crippen molar-refractivity contribution in [1.82, 2.24) is 5.32 Å². The molecule has 2 amide bonds. The molecule has 0 saturated carbocycles. The average molecular weight is 272 g/mol. The topological polar surface area (TPSA) is 49.4 Å². The van der Waals surface area contributed by atoms with Crippen LogP contribution in [0.3, 0.4) is 0 Å². The molecule has 0 aliphatic carbocycles. The second kappa shape index (κ2) is 4.25. The normalized spacial score (nSPS) is 18.5. The van der Waals surface area contributed by atoms with E-state index in [1.807, 2.05) is 0 Å². The van der Waals surface area contributed by atoms with E-state index in [4.69, 9.17) is 0 Å². The third kappa shape index (κ3) is 2.16. The summed E-state index contributed by atoms with van der Waals surface area (Å²) in [5, 5.41) is 2.36. The fraction of sp³-hybridized carbons (Fsp3) is 0.333. The molecule has 1 N–H and O–H groups in total. The Labute approximate surface area is 107 Å². The highest BCUT2D eigenvalue weighted by molar-refractivity contribution is 6.06. The van der Waals surface area contributed by atoms with Gasteiger partial charge in [0.2, 0.25) is 5.91 Å². The summed E-state index contributed by atoms with van der Waals surface area (Å²) < 4.78 is 38.7. The van der Waals surface area contributed by atoms with Crippen molar-refractivity contribution < 1.29 is 22.8 Å². The van der Waals surface area contributed by atoms with Crippen LogP contribution < -0.4 is 10.2 Å². The van der Waals surface area contributed by atoms with Crippen molar-refractivity contribution >= 4 is 17.5 Å². The molecular formula is C12H11F3N2O2. The van der Waals surface area contributed by atoms with Crippen molar-refractivity contribution in [2.75, 3.05) is 11.9 Å². The molecule has 1 aliphatic rings. The van der Waals surface area contributed by atoms with Crippen LogP contribution in [0.25, 0.3) is 0 Å². The van der Waals surface area contributed by atoms with Crippen molar-refractivity contribution in [2.24, 2.45) is 0 Å². The number of benzene rings is 1. The van der Waals surface area contributed by atoms with E-state index >= 15 is 0 Å². The molecule has 7 heteroatoms. The number of nitrogens with one attached hydrogen (secondary N) is 1. The van der Waals surface area contributed by atoms with Crippen LogP contribution in [-0.2, 0) is 15.8 Å². The van der Waals surface area contributed by atoms with Gasteiger partial charge in [-0.1, -0.05) is 12.1 Å². The zero-order chi connectivity index (χ0) is 14.4. The van der Waals surface area contributed by atoms with Gasteiger partial charge in [-0.05, 0) is 6.07 Å². The van der Waals surface area contributed by atoms with Gasteiger partial charge in [0.05, 0.1) is 11.3 Å². The molecule has 0 fully saturated rings. The van der Waals surface area contributed by atoms with Crippen LogP contribution in [-0.4, -0.2) is 18.9 Å². The predicted octanol–water partition coefficient (Wildman–Crippen LogP) is 1.86. The first kappa shape index (κ1) is 13.4. The molecule has 102 valence electrons. The van der Waals surface area contributed by atoms with Crippen molar-refractivity contribution in [2.45, 2.75) is 19.1 Å². The van der Waals surface area contributed by atoms with Crippen molar-refractivity contribution in [1.29, 1.82) is 0 Å². The van der Waals surface area contributed by atoms with Crippen LogP contribution in [0, 0.1) is 0 Å². The summed E-state index contributed by atoms with van der Waals surface area (Å²) in [5.41, 5.74) is -0.912. The number of carbonyl (C=O) groups is 2. The number of halogens is 3. The molecule has 1 aromatic carbocycles. The van der Waals surface area contributed by atoms with Gasteiger partial charge in [0, 0.05) is 19.5 Å². The maximum atomic E-state index is 12.9. The summed E-state index contributed by atoms with van der Waals surface area (Å²) in [6.07, 6.45) is -4.55. The summed E-state index contributed by atoms with van der Waals surface area (Å²) in [4.78, 5) is 23.9. The molecular weight excluding hydrogens is 261 g/mol. The van der Waals surface area contributed by atoms with Crippen LogP contribution in [0.2, 0.25) is 0 Å². The van der Waals surface area contributed by atoms with Crippen LogP contribution in [0.5, 0.6) is 0 Å². The minimum absolute atomic E-state index is 0.164. The van der Waals surface area contributed by atoms with Crippen LogP contribution in [0.1, 0.15) is 24.1 Å². The summed E-state index contributed by atoms with van der Waals surface area (Å²) >= 11 is 0. The average Bonchev–Trinajstić information content (AvgIpc) is 2.53. The Morgan fingerprint density at radius 1 is 1.37 bits per heavy atom. The van der Waals surface area contributed by atoms with Gasteiger partial charge in [0.25, 0.3) is 5.91 Å². The fourth-order valence-electron chi connectivity index (χ4n) is 2.18. The summed E-state index contributed by atoms with van der Waals surface area (Å²) in [6.45, 7) is 1.21. The zero-order valence-electron chi connectivity index (χ0n) is 10.2. The van der Waals surface area contributed by atoms with E-state index in [1.165, 1.54) is 26.1 Å². The van der Waals surface area contributed by atoms with Gasteiger partial charge < -0.3 is 10.2 Å². The lowest BCUT2D eigenvalue weighted by atomic mass is 10.0.